The minimum Gasteiger partial charge on any atom is -0.188 e. The molecule has 17 heavy (non-hydrogen) atoms. The molecule has 0 radical (unpaired) electrons. The quantitative estimate of drug-likeness (QED) is 0.584. The van der Waals surface area contributed by atoms with Crippen LogP contribution < -0.4 is 0 Å². The van der Waals surface area contributed by atoms with Gasteiger partial charge in [-0.15, -0.1) is 10.5 Å². The summed E-state index contributed by atoms with van der Waals surface area (Å²) in [6, 6.07) is 7.39. The maximum Gasteiger partial charge on any atom is 0.351 e. The van der Waals surface area contributed by atoms with Gasteiger partial charge in [0, 0.05) is 4.90 Å². The Bertz CT molecular complexity index is 613. The largest absolute Gasteiger partial charge is 0.351 e. The van der Waals surface area contributed by atoms with E-state index in [1.165, 1.54) is 24.3 Å². The first-order chi connectivity index (χ1) is 7.64. The van der Waals surface area contributed by atoms with E-state index in [0.29, 0.717) is 0 Å². The van der Waals surface area contributed by atoms with E-state index >= 15 is 0 Å². The Kier molecular flexibility index (Phi) is 4.05. The van der Waals surface area contributed by atoms with Gasteiger partial charge in [-0.05, 0) is 18.4 Å². The van der Waals surface area contributed by atoms with Crippen LogP contribution in [0, 0.1) is 0 Å². The summed E-state index contributed by atoms with van der Waals surface area (Å²) in [6.45, 7) is 0. The first kappa shape index (κ1) is 14.3. The Morgan fingerprint density at radius 3 is 1.76 bits per heavy atom. The molecule has 0 spiro atoms. The molecule has 0 N–H and O–H groups in total. The predicted octanol–water partition coefficient (Wildman–Crippen LogP) is 1.63. The molecule has 0 aliphatic carbocycles. The summed E-state index contributed by atoms with van der Waals surface area (Å²) in [7, 11) is -12.9. The maximum absolute atomic E-state index is 12.8. The molecule has 1 aromatic rings. The smallest absolute Gasteiger partial charge is 0.188 e. The highest BCUT2D eigenvalue weighted by molar-refractivity contribution is 8.45. The first-order valence-corrected chi connectivity index (χ1v) is 8.51. The summed E-state index contributed by atoms with van der Waals surface area (Å²) in [5.74, 6) is 0. The third-order valence-corrected chi connectivity index (χ3v) is 7.91. The molecule has 9 heteroatoms. The van der Waals surface area contributed by atoms with E-state index < -0.39 is 34.5 Å². The zero-order valence-corrected chi connectivity index (χ0v) is 10.9. The zero-order valence-electron chi connectivity index (χ0n) is 8.50. The monoisotopic (exact) mass is 302 g/mol. The van der Waals surface area contributed by atoms with Gasteiger partial charge in [-0.2, -0.15) is 16.8 Å². The van der Waals surface area contributed by atoms with Gasteiger partial charge in [-0.3, -0.25) is 0 Å². The molecule has 1 rings (SSSR count). The average molecular weight is 302 g/mol. The van der Waals surface area contributed by atoms with Crippen molar-refractivity contribution in [2.24, 2.45) is 0 Å². The van der Waals surface area contributed by atoms with E-state index in [4.69, 9.17) is 0 Å². The highest BCUT2D eigenvalue weighted by Gasteiger charge is 2.33. The molecule has 0 amide bonds. The number of hydrogen-bond donors (Lipinski definition) is 0. The Morgan fingerprint density at radius 2 is 1.41 bits per heavy atom. The van der Waals surface area contributed by atoms with Crippen molar-refractivity contribution in [3.8, 4) is 0 Å². The Balaban J connectivity index is 3.65. The lowest BCUT2D eigenvalue weighted by atomic mass is 10.4. The van der Waals surface area contributed by atoms with E-state index in [-0.39, 0.29) is 4.90 Å². The van der Waals surface area contributed by atoms with Gasteiger partial charge in [0.25, 0.3) is 0 Å². The van der Waals surface area contributed by atoms with Gasteiger partial charge < -0.3 is 0 Å². The zero-order chi connectivity index (χ0) is 13.3. The highest BCUT2D eigenvalue weighted by Crippen LogP contribution is 2.29. The van der Waals surface area contributed by atoms with E-state index in [1.807, 2.05) is 0 Å². The summed E-state index contributed by atoms with van der Waals surface area (Å²) in [4.78, 5) is 0.213. The first-order valence-electron chi connectivity index (χ1n) is 4.11. The third kappa shape index (κ3) is 3.58. The molecular formula is C8H8F2O4S3. The summed E-state index contributed by atoms with van der Waals surface area (Å²) < 4.78 is 66.6. The van der Waals surface area contributed by atoms with Gasteiger partial charge in [0.05, 0.1) is 0 Å². The topological polar surface area (TPSA) is 68.3 Å². The second kappa shape index (κ2) is 4.83. The second-order valence-electron chi connectivity index (χ2n) is 2.95. The maximum atomic E-state index is 12.8. The molecular weight excluding hydrogens is 294 g/mol. The van der Waals surface area contributed by atoms with Crippen LogP contribution in [0.3, 0.4) is 0 Å². The summed E-state index contributed by atoms with van der Waals surface area (Å²) in [6.07, 6.45) is 1.12. The molecule has 4 nitrogen and oxygen atoms in total. The fourth-order valence-corrected chi connectivity index (χ4v) is 5.81. The van der Waals surface area contributed by atoms with Gasteiger partial charge in [0.1, 0.15) is 0 Å². The Hall–Kier alpha value is -0.800. The fourth-order valence-electron chi connectivity index (χ4n) is 1.14. The Labute approximate surface area is 101 Å². The van der Waals surface area contributed by atoms with Crippen LogP contribution in [0.1, 0.15) is 0 Å². The molecule has 1 unspecified atom stereocenters. The molecule has 0 aromatic heterocycles. The predicted molar refractivity (Wildman–Crippen MR) is 63.3 cm³/mol. The standard InChI is InChI=1S/C8H8F2O4S3/c1-15(7-5-3-2-4-6-7)8(16(9,11)12)17(10,13)14/h2-6H,1H3. The van der Waals surface area contributed by atoms with Crippen molar-refractivity contribution in [1.29, 1.82) is 0 Å². The average Bonchev–Trinajstić information content (AvgIpc) is 2.14. The van der Waals surface area contributed by atoms with Crippen LogP contribution in [-0.4, -0.2) is 26.6 Å². The van der Waals surface area contributed by atoms with Crippen LogP contribution in [0.5, 0.6) is 0 Å². The van der Waals surface area contributed by atoms with Crippen molar-refractivity contribution in [3.63, 3.8) is 0 Å². The minimum absolute atomic E-state index is 0.213. The normalized spacial score (nSPS) is 14.3. The van der Waals surface area contributed by atoms with Gasteiger partial charge in [-0.25, -0.2) is 0 Å². The van der Waals surface area contributed by atoms with Crippen molar-refractivity contribution in [2.45, 2.75) is 4.90 Å². The van der Waals surface area contributed by atoms with Crippen molar-refractivity contribution in [1.82, 2.24) is 0 Å². The molecule has 0 heterocycles. The second-order valence-corrected chi connectivity index (χ2v) is 8.19. The summed E-state index contributed by atoms with van der Waals surface area (Å²) in [5, 5.41) is 0. The van der Waals surface area contributed by atoms with Crippen molar-refractivity contribution < 1.29 is 24.6 Å². The molecule has 0 bridgehead atoms. The lowest BCUT2D eigenvalue weighted by Gasteiger charge is -2.06. The fraction of sp³-hybridized carbons (Fsp3) is 0.125. The number of rotatable bonds is 1. The van der Waals surface area contributed by atoms with Gasteiger partial charge in [0.2, 0.25) is 3.53 Å². The van der Waals surface area contributed by atoms with Crippen molar-refractivity contribution in [2.75, 3.05) is 6.26 Å². The summed E-state index contributed by atoms with van der Waals surface area (Å²) >= 11 is 0. The molecule has 1 atom stereocenters. The molecule has 0 aliphatic heterocycles. The Morgan fingerprint density at radius 1 is 1.00 bits per heavy atom. The van der Waals surface area contributed by atoms with E-state index in [9.17, 15) is 24.6 Å². The molecule has 1 aromatic carbocycles. The van der Waals surface area contributed by atoms with Crippen molar-refractivity contribution in [3.05, 3.63) is 30.3 Å². The number of halogens is 2. The third-order valence-electron chi connectivity index (χ3n) is 1.74. The van der Waals surface area contributed by atoms with Crippen molar-refractivity contribution >= 4 is 34.5 Å². The van der Waals surface area contributed by atoms with Crippen LogP contribution in [0.2, 0.25) is 0 Å². The molecule has 0 saturated carbocycles. The van der Waals surface area contributed by atoms with Gasteiger partial charge >= 0.3 is 20.4 Å². The van der Waals surface area contributed by atoms with Crippen LogP contribution in [0.4, 0.5) is 7.77 Å². The van der Waals surface area contributed by atoms with Crippen LogP contribution in [0.15, 0.2) is 35.2 Å². The van der Waals surface area contributed by atoms with E-state index in [2.05, 4.69) is 0 Å². The number of hydrogen-bond acceptors (Lipinski definition) is 4. The summed E-state index contributed by atoms with van der Waals surface area (Å²) in [5.41, 5.74) is 0. The number of benzene rings is 1. The minimum atomic E-state index is -5.60. The van der Waals surface area contributed by atoms with Crippen LogP contribution in [0.25, 0.3) is 0 Å². The van der Waals surface area contributed by atoms with Gasteiger partial charge in [0.15, 0.2) is 0 Å². The molecule has 0 saturated heterocycles. The molecule has 0 aliphatic rings. The van der Waals surface area contributed by atoms with E-state index in [1.54, 1.807) is 6.07 Å². The van der Waals surface area contributed by atoms with Crippen LogP contribution >= 0.6 is 10.5 Å². The highest BCUT2D eigenvalue weighted by atomic mass is 32.3. The lowest BCUT2D eigenvalue weighted by Crippen LogP contribution is -2.17. The van der Waals surface area contributed by atoms with Gasteiger partial charge in [-0.1, -0.05) is 26.0 Å². The SMILES string of the molecule is CS(=C(S(=O)(=O)F)S(=O)(=O)F)c1ccccc1. The van der Waals surface area contributed by atoms with Crippen LogP contribution in [-0.2, 0) is 20.4 Å². The van der Waals surface area contributed by atoms with E-state index in [0.717, 1.165) is 6.26 Å². The molecule has 0 fully saturated rings. The molecule has 96 valence electrons. The lowest BCUT2D eigenvalue weighted by molar-refractivity contribution is 0.561.